The SMILES string of the molecule is Cc1nn(C)c(C)c1CC(=O)NCCCC(=O)c1ccc(Cl)c(Cl)c1. The van der Waals surface area contributed by atoms with Gasteiger partial charge in [0, 0.05) is 36.8 Å². The molecule has 0 unspecified atom stereocenters. The van der Waals surface area contributed by atoms with Crippen LogP contribution in [0.1, 0.15) is 40.2 Å². The molecule has 0 radical (unpaired) electrons. The minimum Gasteiger partial charge on any atom is -0.356 e. The molecule has 1 aromatic carbocycles. The Morgan fingerprint density at radius 1 is 1.20 bits per heavy atom. The van der Waals surface area contributed by atoms with Crippen LogP contribution < -0.4 is 5.32 Å². The molecule has 0 saturated heterocycles. The van der Waals surface area contributed by atoms with Crippen molar-refractivity contribution in [3.05, 3.63) is 50.8 Å². The first-order chi connectivity index (χ1) is 11.8. The first-order valence-corrected chi connectivity index (χ1v) is 8.79. The van der Waals surface area contributed by atoms with E-state index in [4.69, 9.17) is 23.2 Å². The monoisotopic (exact) mass is 381 g/mol. The highest BCUT2D eigenvalue weighted by Crippen LogP contribution is 2.23. The number of hydrogen-bond acceptors (Lipinski definition) is 3. The quantitative estimate of drug-likeness (QED) is 0.587. The van der Waals surface area contributed by atoms with E-state index in [0.717, 1.165) is 17.0 Å². The number of rotatable bonds is 7. The number of carbonyl (C=O) groups is 2. The summed E-state index contributed by atoms with van der Waals surface area (Å²) in [5.74, 6) is -0.0899. The Balaban J connectivity index is 1.77. The van der Waals surface area contributed by atoms with Crippen molar-refractivity contribution in [3.63, 3.8) is 0 Å². The molecule has 25 heavy (non-hydrogen) atoms. The zero-order chi connectivity index (χ0) is 18.6. The highest BCUT2D eigenvalue weighted by atomic mass is 35.5. The number of nitrogens with one attached hydrogen (secondary N) is 1. The van der Waals surface area contributed by atoms with Crippen molar-refractivity contribution in [2.45, 2.75) is 33.1 Å². The smallest absolute Gasteiger partial charge is 0.224 e. The normalized spacial score (nSPS) is 10.8. The zero-order valence-electron chi connectivity index (χ0n) is 14.5. The van der Waals surface area contributed by atoms with Crippen LogP contribution in [0.3, 0.4) is 0 Å². The van der Waals surface area contributed by atoms with Crippen LogP contribution >= 0.6 is 23.2 Å². The first-order valence-electron chi connectivity index (χ1n) is 8.03. The van der Waals surface area contributed by atoms with Crippen LogP contribution in [-0.2, 0) is 18.3 Å². The molecule has 0 fully saturated rings. The fraction of sp³-hybridized carbons (Fsp3) is 0.389. The molecule has 2 rings (SSSR count). The Labute approximate surface area is 157 Å². The molecule has 0 atom stereocenters. The Kier molecular flexibility index (Phi) is 6.62. The number of amides is 1. The number of benzene rings is 1. The fourth-order valence-electron chi connectivity index (χ4n) is 2.59. The summed E-state index contributed by atoms with van der Waals surface area (Å²) in [5.41, 5.74) is 3.33. The van der Waals surface area contributed by atoms with E-state index in [0.29, 0.717) is 41.4 Å². The Morgan fingerprint density at radius 2 is 1.92 bits per heavy atom. The van der Waals surface area contributed by atoms with Gasteiger partial charge in [0.15, 0.2) is 5.78 Å². The highest BCUT2D eigenvalue weighted by molar-refractivity contribution is 6.42. The lowest BCUT2D eigenvalue weighted by Gasteiger charge is -2.06. The lowest BCUT2D eigenvalue weighted by molar-refractivity contribution is -0.120. The third-order valence-electron chi connectivity index (χ3n) is 4.14. The molecule has 1 heterocycles. The van der Waals surface area contributed by atoms with Gasteiger partial charge in [0.05, 0.1) is 22.2 Å². The fourth-order valence-corrected chi connectivity index (χ4v) is 2.89. The van der Waals surface area contributed by atoms with E-state index in [1.54, 1.807) is 22.9 Å². The summed E-state index contributed by atoms with van der Waals surface area (Å²) >= 11 is 11.8. The van der Waals surface area contributed by atoms with Gasteiger partial charge in [0.1, 0.15) is 0 Å². The lowest BCUT2D eigenvalue weighted by atomic mass is 10.1. The first kappa shape index (κ1) is 19.5. The van der Waals surface area contributed by atoms with Crippen molar-refractivity contribution in [2.75, 3.05) is 6.54 Å². The second-order valence-electron chi connectivity index (χ2n) is 5.96. The van der Waals surface area contributed by atoms with E-state index >= 15 is 0 Å². The predicted octanol–water partition coefficient (Wildman–Crippen LogP) is 3.67. The number of nitrogens with zero attached hydrogens (tertiary/aromatic N) is 2. The van der Waals surface area contributed by atoms with E-state index in [1.807, 2.05) is 20.9 Å². The van der Waals surface area contributed by atoms with E-state index < -0.39 is 0 Å². The van der Waals surface area contributed by atoms with Crippen molar-refractivity contribution in [1.29, 1.82) is 0 Å². The maximum Gasteiger partial charge on any atom is 0.224 e. The standard InChI is InChI=1S/C18H21Cl2N3O2/c1-11-14(12(2)23(3)22-11)10-18(25)21-8-4-5-17(24)13-6-7-15(19)16(20)9-13/h6-7,9H,4-5,8,10H2,1-3H3,(H,21,25). The number of aryl methyl sites for hydroxylation is 2. The summed E-state index contributed by atoms with van der Waals surface area (Å²) in [7, 11) is 1.86. The molecule has 0 aliphatic rings. The van der Waals surface area contributed by atoms with Crippen molar-refractivity contribution < 1.29 is 9.59 Å². The summed E-state index contributed by atoms with van der Waals surface area (Å²) in [6, 6.07) is 4.83. The van der Waals surface area contributed by atoms with Gasteiger partial charge >= 0.3 is 0 Å². The molecule has 0 bridgehead atoms. The van der Waals surface area contributed by atoms with Gasteiger partial charge in [-0.1, -0.05) is 23.2 Å². The van der Waals surface area contributed by atoms with E-state index in [1.165, 1.54) is 0 Å². The third kappa shape index (κ3) is 5.06. The van der Waals surface area contributed by atoms with Crippen LogP contribution in [0.25, 0.3) is 0 Å². The van der Waals surface area contributed by atoms with E-state index in [-0.39, 0.29) is 11.7 Å². The second kappa shape index (κ2) is 8.50. The molecule has 2 aromatic rings. The van der Waals surface area contributed by atoms with Crippen molar-refractivity contribution in [1.82, 2.24) is 15.1 Å². The van der Waals surface area contributed by atoms with Gasteiger partial charge in [0.25, 0.3) is 0 Å². The second-order valence-corrected chi connectivity index (χ2v) is 6.77. The van der Waals surface area contributed by atoms with Gasteiger partial charge in [-0.05, 0) is 38.5 Å². The topological polar surface area (TPSA) is 64.0 Å². The Bertz CT molecular complexity index is 800. The summed E-state index contributed by atoms with van der Waals surface area (Å²) in [6.07, 6.45) is 1.20. The number of ketones is 1. The minimum atomic E-state index is -0.0683. The lowest BCUT2D eigenvalue weighted by Crippen LogP contribution is -2.26. The van der Waals surface area contributed by atoms with Gasteiger partial charge in [-0.15, -0.1) is 0 Å². The van der Waals surface area contributed by atoms with Crippen LogP contribution in [0.5, 0.6) is 0 Å². The summed E-state index contributed by atoms with van der Waals surface area (Å²) in [4.78, 5) is 24.2. The number of halogens is 2. The number of Topliss-reactive ketones (excluding diaryl/α,β-unsaturated/α-hetero) is 1. The van der Waals surface area contributed by atoms with Crippen LogP contribution in [0.15, 0.2) is 18.2 Å². The van der Waals surface area contributed by atoms with Gasteiger partial charge in [-0.3, -0.25) is 14.3 Å². The van der Waals surface area contributed by atoms with Crippen molar-refractivity contribution >= 4 is 34.9 Å². The molecule has 1 N–H and O–H groups in total. The molecule has 7 heteroatoms. The average molecular weight is 382 g/mol. The zero-order valence-corrected chi connectivity index (χ0v) is 16.0. The number of carbonyl (C=O) groups excluding carboxylic acids is 2. The van der Waals surface area contributed by atoms with Gasteiger partial charge in [-0.25, -0.2) is 0 Å². The molecule has 0 spiro atoms. The average Bonchev–Trinajstić information content (AvgIpc) is 2.80. The Hall–Kier alpha value is -1.85. The molecule has 0 saturated carbocycles. The number of aromatic nitrogens is 2. The molecule has 0 aliphatic heterocycles. The van der Waals surface area contributed by atoms with Crippen LogP contribution in [0.2, 0.25) is 10.0 Å². The largest absolute Gasteiger partial charge is 0.356 e. The minimum absolute atomic E-state index is 0.0215. The van der Waals surface area contributed by atoms with Crippen molar-refractivity contribution in [3.8, 4) is 0 Å². The van der Waals surface area contributed by atoms with Crippen LogP contribution in [-0.4, -0.2) is 28.0 Å². The molecule has 0 aliphatic carbocycles. The Morgan fingerprint density at radius 3 is 2.52 bits per heavy atom. The number of hydrogen-bond donors (Lipinski definition) is 1. The molecule has 134 valence electrons. The maximum atomic E-state index is 12.1. The van der Waals surface area contributed by atoms with E-state index in [9.17, 15) is 9.59 Å². The summed E-state index contributed by atoms with van der Waals surface area (Å²) in [6.45, 7) is 4.29. The summed E-state index contributed by atoms with van der Waals surface area (Å²) < 4.78 is 1.77. The summed E-state index contributed by atoms with van der Waals surface area (Å²) in [5, 5.41) is 7.94. The molecular weight excluding hydrogens is 361 g/mol. The predicted molar refractivity (Wildman–Crippen MR) is 99.4 cm³/mol. The van der Waals surface area contributed by atoms with Gasteiger partial charge in [0.2, 0.25) is 5.91 Å². The molecular formula is C18H21Cl2N3O2. The van der Waals surface area contributed by atoms with Gasteiger partial charge < -0.3 is 5.32 Å². The third-order valence-corrected chi connectivity index (χ3v) is 4.88. The van der Waals surface area contributed by atoms with E-state index in [2.05, 4.69) is 10.4 Å². The maximum absolute atomic E-state index is 12.1. The highest BCUT2D eigenvalue weighted by Gasteiger charge is 2.13. The molecule has 1 amide bonds. The molecule has 1 aromatic heterocycles. The van der Waals surface area contributed by atoms with Crippen molar-refractivity contribution in [2.24, 2.45) is 7.05 Å². The van der Waals surface area contributed by atoms with Crippen LogP contribution in [0.4, 0.5) is 0 Å². The van der Waals surface area contributed by atoms with Crippen LogP contribution in [0, 0.1) is 13.8 Å². The van der Waals surface area contributed by atoms with Gasteiger partial charge in [-0.2, -0.15) is 5.10 Å². The molecule has 5 nitrogen and oxygen atoms in total.